The molecule has 2 aromatic carbocycles. The van der Waals surface area contributed by atoms with Crippen LogP contribution in [0.2, 0.25) is 0 Å². The molecule has 2 amide bonds. The van der Waals surface area contributed by atoms with E-state index >= 15 is 0 Å². The number of anilines is 1. The molecule has 0 atom stereocenters. The number of nitrogens with one attached hydrogen (secondary N) is 2. The lowest BCUT2D eigenvalue weighted by atomic mass is 10.0. The van der Waals surface area contributed by atoms with Gasteiger partial charge < -0.3 is 10.6 Å². The average Bonchev–Trinajstić information content (AvgIpc) is 2.67. The Kier molecular flexibility index (Phi) is 5.21. The number of rotatable bonds is 4. The van der Waals surface area contributed by atoms with Gasteiger partial charge >= 0.3 is 0 Å². The molecule has 27 heavy (non-hydrogen) atoms. The van der Waals surface area contributed by atoms with Crippen molar-refractivity contribution in [2.24, 2.45) is 0 Å². The largest absolute Gasteiger partial charge is 0.355 e. The Bertz CT molecular complexity index is 1030. The Hall–Kier alpha value is -3.21. The van der Waals surface area contributed by atoms with E-state index in [1.807, 2.05) is 57.2 Å². The minimum absolute atomic E-state index is 0.196. The first kappa shape index (κ1) is 18.6. The number of benzene rings is 2. The van der Waals surface area contributed by atoms with E-state index in [1.165, 1.54) is 0 Å². The van der Waals surface area contributed by atoms with Crippen LogP contribution in [0.4, 0.5) is 5.69 Å². The molecular formula is C22H23N3O2. The van der Waals surface area contributed by atoms with Crippen LogP contribution in [0, 0.1) is 6.92 Å². The molecule has 2 N–H and O–H groups in total. The molecule has 1 aromatic heterocycles. The lowest BCUT2D eigenvalue weighted by molar-refractivity contribution is 0.0964. The summed E-state index contributed by atoms with van der Waals surface area (Å²) in [5.74, 6) is -0.303. The van der Waals surface area contributed by atoms with Crippen LogP contribution in [-0.2, 0) is 0 Å². The number of nitrogens with zero attached hydrogens (tertiary/aromatic N) is 1. The molecule has 0 fully saturated rings. The molecule has 0 bridgehead atoms. The van der Waals surface area contributed by atoms with Crippen molar-refractivity contribution in [2.45, 2.75) is 26.7 Å². The van der Waals surface area contributed by atoms with Crippen molar-refractivity contribution in [2.75, 3.05) is 12.4 Å². The molecule has 0 aliphatic carbocycles. The molecule has 0 saturated carbocycles. The van der Waals surface area contributed by atoms with Crippen LogP contribution in [0.5, 0.6) is 0 Å². The fraction of sp³-hybridized carbons (Fsp3) is 0.227. The predicted octanol–water partition coefficient (Wildman–Crippen LogP) is 4.28. The van der Waals surface area contributed by atoms with E-state index in [2.05, 4.69) is 15.6 Å². The van der Waals surface area contributed by atoms with Gasteiger partial charge in [-0.05, 0) is 37.1 Å². The van der Waals surface area contributed by atoms with Crippen LogP contribution < -0.4 is 10.6 Å². The summed E-state index contributed by atoms with van der Waals surface area (Å²) in [5, 5.41) is 6.30. The van der Waals surface area contributed by atoms with E-state index in [1.54, 1.807) is 19.2 Å². The monoisotopic (exact) mass is 361 g/mol. The van der Waals surface area contributed by atoms with Crippen molar-refractivity contribution in [3.8, 4) is 0 Å². The summed E-state index contributed by atoms with van der Waals surface area (Å²) < 4.78 is 0. The van der Waals surface area contributed by atoms with Crippen LogP contribution in [0.25, 0.3) is 10.9 Å². The van der Waals surface area contributed by atoms with Crippen molar-refractivity contribution in [1.29, 1.82) is 0 Å². The number of fused-ring (bicyclic) bond motifs is 1. The number of hydrogen-bond acceptors (Lipinski definition) is 3. The highest BCUT2D eigenvalue weighted by molar-refractivity contribution is 6.14. The topological polar surface area (TPSA) is 71.1 Å². The molecule has 0 aliphatic rings. The molecular weight excluding hydrogens is 338 g/mol. The Morgan fingerprint density at radius 2 is 1.70 bits per heavy atom. The molecule has 138 valence electrons. The summed E-state index contributed by atoms with van der Waals surface area (Å²) in [5.41, 5.74) is 4.06. The van der Waals surface area contributed by atoms with Gasteiger partial charge in [-0.25, -0.2) is 0 Å². The van der Waals surface area contributed by atoms with Crippen molar-refractivity contribution in [3.63, 3.8) is 0 Å². The Morgan fingerprint density at radius 3 is 2.41 bits per heavy atom. The Labute approximate surface area is 158 Å². The van der Waals surface area contributed by atoms with E-state index in [0.29, 0.717) is 16.8 Å². The van der Waals surface area contributed by atoms with Crippen LogP contribution >= 0.6 is 0 Å². The summed E-state index contributed by atoms with van der Waals surface area (Å²) in [6.07, 6.45) is 0. The van der Waals surface area contributed by atoms with Crippen LogP contribution in [0.15, 0.2) is 48.5 Å². The SMILES string of the molecule is CNC(=O)c1cc(C)ccc1NC(=O)c1cc(C(C)C)nc2ccccc12. The summed E-state index contributed by atoms with van der Waals surface area (Å²) in [7, 11) is 1.57. The van der Waals surface area contributed by atoms with Gasteiger partial charge in [0, 0.05) is 18.1 Å². The third-order valence-corrected chi connectivity index (χ3v) is 4.47. The van der Waals surface area contributed by atoms with Gasteiger partial charge in [-0.15, -0.1) is 0 Å². The predicted molar refractivity (Wildman–Crippen MR) is 108 cm³/mol. The Morgan fingerprint density at radius 1 is 0.963 bits per heavy atom. The molecule has 5 heteroatoms. The van der Waals surface area contributed by atoms with E-state index in [-0.39, 0.29) is 17.7 Å². The number of carbonyl (C=O) groups excluding carboxylic acids is 2. The summed E-state index contributed by atoms with van der Waals surface area (Å²) in [6.45, 7) is 5.99. The maximum absolute atomic E-state index is 13.1. The average molecular weight is 361 g/mol. The summed E-state index contributed by atoms with van der Waals surface area (Å²) in [6, 6.07) is 14.8. The minimum atomic E-state index is -0.260. The number of aromatic nitrogens is 1. The quantitative estimate of drug-likeness (QED) is 0.729. The van der Waals surface area contributed by atoms with Crippen LogP contribution in [0.1, 0.15) is 51.7 Å². The molecule has 0 radical (unpaired) electrons. The van der Waals surface area contributed by atoms with Crippen molar-refractivity contribution in [3.05, 3.63) is 70.9 Å². The molecule has 3 aromatic rings. The number of hydrogen-bond donors (Lipinski definition) is 2. The van der Waals surface area contributed by atoms with Gasteiger partial charge in [0.25, 0.3) is 11.8 Å². The lowest BCUT2D eigenvalue weighted by Crippen LogP contribution is -2.22. The fourth-order valence-electron chi connectivity index (χ4n) is 2.96. The van der Waals surface area contributed by atoms with E-state index < -0.39 is 0 Å². The first-order valence-electron chi connectivity index (χ1n) is 8.94. The van der Waals surface area contributed by atoms with Crippen molar-refractivity contribution in [1.82, 2.24) is 10.3 Å². The summed E-state index contributed by atoms with van der Waals surface area (Å²) in [4.78, 5) is 29.9. The molecule has 0 aliphatic heterocycles. The van der Waals surface area contributed by atoms with Crippen LogP contribution in [0.3, 0.4) is 0 Å². The molecule has 1 heterocycles. The zero-order valence-corrected chi connectivity index (χ0v) is 16.0. The van der Waals surface area contributed by atoms with Gasteiger partial charge in [-0.3, -0.25) is 14.6 Å². The number of para-hydroxylation sites is 1. The molecule has 0 saturated heterocycles. The highest BCUT2D eigenvalue weighted by Gasteiger charge is 2.17. The smallest absolute Gasteiger partial charge is 0.256 e. The first-order chi connectivity index (χ1) is 12.9. The molecule has 3 rings (SSSR count). The van der Waals surface area contributed by atoms with Gasteiger partial charge in [0.15, 0.2) is 0 Å². The molecule has 0 unspecified atom stereocenters. The van der Waals surface area contributed by atoms with Crippen molar-refractivity contribution >= 4 is 28.4 Å². The normalized spacial score (nSPS) is 10.9. The van der Waals surface area contributed by atoms with E-state index in [4.69, 9.17) is 0 Å². The Balaban J connectivity index is 2.06. The number of carbonyl (C=O) groups is 2. The first-order valence-corrected chi connectivity index (χ1v) is 8.94. The van der Waals surface area contributed by atoms with Gasteiger partial charge in [-0.2, -0.15) is 0 Å². The van der Waals surface area contributed by atoms with Gasteiger partial charge in [0.2, 0.25) is 0 Å². The molecule has 5 nitrogen and oxygen atoms in total. The van der Waals surface area contributed by atoms with Gasteiger partial charge in [0.1, 0.15) is 0 Å². The third-order valence-electron chi connectivity index (χ3n) is 4.47. The maximum Gasteiger partial charge on any atom is 0.256 e. The highest BCUT2D eigenvalue weighted by Crippen LogP contribution is 2.24. The number of aryl methyl sites for hydroxylation is 1. The standard InChI is InChI=1S/C22H23N3O2/c1-13(2)20-12-16(15-7-5-6-8-18(15)24-20)22(27)25-19-10-9-14(3)11-17(19)21(26)23-4/h5-13H,1-4H3,(H,23,26)(H,25,27). The van der Waals surface area contributed by atoms with Crippen LogP contribution in [-0.4, -0.2) is 23.8 Å². The third kappa shape index (κ3) is 3.82. The molecule has 0 spiro atoms. The second-order valence-corrected chi connectivity index (χ2v) is 6.85. The second-order valence-electron chi connectivity index (χ2n) is 6.85. The zero-order valence-electron chi connectivity index (χ0n) is 16.0. The van der Waals surface area contributed by atoms with Gasteiger partial charge in [-0.1, -0.05) is 43.7 Å². The second kappa shape index (κ2) is 7.58. The fourth-order valence-corrected chi connectivity index (χ4v) is 2.96. The van der Waals surface area contributed by atoms with Gasteiger partial charge in [0.05, 0.1) is 22.3 Å². The number of amides is 2. The van der Waals surface area contributed by atoms with Crippen molar-refractivity contribution < 1.29 is 9.59 Å². The zero-order chi connectivity index (χ0) is 19.6. The highest BCUT2D eigenvalue weighted by atomic mass is 16.2. The summed E-state index contributed by atoms with van der Waals surface area (Å²) >= 11 is 0. The number of pyridine rings is 1. The van der Waals surface area contributed by atoms with E-state index in [9.17, 15) is 9.59 Å². The lowest BCUT2D eigenvalue weighted by Gasteiger charge is -2.14. The minimum Gasteiger partial charge on any atom is -0.355 e. The van der Waals surface area contributed by atoms with E-state index in [0.717, 1.165) is 22.2 Å². The maximum atomic E-state index is 13.1.